The molecule has 7 nitrogen and oxygen atoms in total. The van der Waals surface area contributed by atoms with E-state index in [1.807, 2.05) is 0 Å². The van der Waals surface area contributed by atoms with Crippen LogP contribution < -0.4 is 0 Å². The normalized spacial score (nSPS) is 21.7. The van der Waals surface area contributed by atoms with Gasteiger partial charge in [0.1, 0.15) is 0 Å². The lowest BCUT2D eigenvalue weighted by Crippen LogP contribution is -2.47. The molecule has 3 rings (SSSR count). The highest BCUT2D eigenvalue weighted by atomic mass is 16.4. The minimum absolute atomic E-state index is 0.0125. The molecule has 0 spiro atoms. The first-order chi connectivity index (χ1) is 9.22. The van der Waals surface area contributed by atoms with Crippen molar-refractivity contribution in [2.45, 2.75) is 25.4 Å². The average molecular weight is 265 g/mol. The van der Waals surface area contributed by atoms with Crippen LogP contribution >= 0.6 is 0 Å². The summed E-state index contributed by atoms with van der Waals surface area (Å²) in [5, 5.41) is 16.2. The van der Waals surface area contributed by atoms with Crippen LogP contribution in [0.25, 0.3) is 0 Å². The number of carboxylic acid groups (broad SMARTS) is 1. The molecule has 1 aromatic rings. The van der Waals surface area contributed by atoms with E-state index in [9.17, 15) is 4.79 Å². The summed E-state index contributed by atoms with van der Waals surface area (Å²) in [6, 6.07) is 0.857. The molecule has 0 radical (unpaired) electrons. The highest BCUT2D eigenvalue weighted by Gasteiger charge is 2.30. The Balaban J connectivity index is 1.43. The van der Waals surface area contributed by atoms with Gasteiger partial charge in [-0.3, -0.25) is 14.5 Å². The van der Waals surface area contributed by atoms with Gasteiger partial charge in [-0.1, -0.05) is 5.21 Å². The van der Waals surface area contributed by atoms with Crippen molar-refractivity contribution in [1.82, 2.24) is 24.8 Å². The number of carbonyl (C=O) groups is 1. The summed E-state index contributed by atoms with van der Waals surface area (Å²) in [5.41, 5.74) is 0.0125. The van der Waals surface area contributed by atoms with E-state index in [2.05, 4.69) is 20.1 Å². The molecule has 0 atom stereocenters. The number of rotatable bonds is 5. The molecule has 7 heteroatoms. The molecule has 1 saturated carbocycles. The second kappa shape index (κ2) is 5.26. The molecule has 0 unspecified atom stereocenters. The van der Waals surface area contributed by atoms with Gasteiger partial charge in [-0.25, -0.2) is 4.79 Å². The quantitative estimate of drug-likeness (QED) is 0.792. The fourth-order valence-electron chi connectivity index (χ4n) is 2.54. The van der Waals surface area contributed by atoms with Gasteiger partial charge in [-0.15, -0.1) is 5.10 Å². The summed E-state index contributed by atoms with van der Waals surface area (Å²) in [6.45, 7) is 6.10. The van der Waals surface area contributed by atoms with Crippen molar-refractivity contribution in [1.29, 1.82) is 0 Å². The number of hydrogen-bond acceptors (Lipinski definition) is 5. The van der Waals surface area contributed by atoms with E-state index >= 15 is 0 Å². The molecule has 1 saturated heterocycles. The Morgan fingerprint density at radius 2 is 2.00 bits per heavy atom. The molecular formula is C12H19N5O2. The van der Waals surface area contributed by atoms with E-state index in [1.54, 1.807) is 4.68 Å². The van der Waals surface area contributed by atoms with Gasteiger partial charge < -0.3 is 5.11 Å². The molecule has 0 bridgehead atoms. The average Bonchev–Trinajstić information content (AvgIpc) is 3.15. The van der Waals surface area contributed by atoms with Crippen molar-refractivity contribution in [2.24, 2.45) is 0 Å². The Morgan fingerprint density at radius 1 is 1.26 bits per heavy atom. The summed E-state index contributed by atoms with van der Waals surface area (Å²) in [7, 11) is 0. The number of aromatic nitrogens is 3. The van der Waals surface area contributed by atoms with E-state index in [-0.39, 0.29) is 5.69 Å². The minimum atomic E-state index is -1.02. The molecular weight excluding hydrogens is 246 g/mol. The van der Waals surface area contributed by atoms with Gasteiger partial charge in [0.2, 0.25) is 0 Å². The maximum absolute atomic E-state index is 10.7. The van der Waals surface area contributed by atoms with Gasteiger partial charge in [0.25, 0.3) is 0 Å². The monoisotopic (exact) mass is 265 g/mol. The van der Waals surface area contributed by atoms with Crippen LogP contribution in [0.15, 0.2) is 6.20 Å². The SMILES string of the molecule is O=C(O)c1cn(CCN2CCN(C3CC3)CC2)nn1. The van der Waals surface area contributed by atoms with Crippen molar-refractivity contribution in [3.05, 3.63) is 11.9 Å². The predicted octanol–water partition coefficient (Wildman–Crippen LogP) is -0.244. The number of hydrogen-bond donors (Lipinski definition) is 1. The van der Waals surface area contributed by atoms with Gasteiger partial charge in [0, 0.05) is 38.8 Å². The highest BCUT2D eigenvalue weighted by molar-refractivity contribution is 5.84. The Morgan fingerprint density at radius 3 is 2.58 bits per heavy atom. The molecule has 1 aromatic heterocycles. The number of aromatic carboxylic acids is 1. The minimum Gasteiger partial charge on any atom is -0.476 e. The maximum Gasteiger partial charge on any atom is 0.358 e. The standard InChI is InChI=1S/C12H19N5O2/c18-12(19)11-9-17(14-13-11)8-5-15-3-6-16(7-4-15)10-1-2-10/h9-10H,1-8H2,(H,18,19). The van der Waals surface area contributed by atoms with Crippen molar-refractivity contribution in [2.75, 3.05) is 32.7 Å². The van der Waals surface area contributed by atoms with Crippen molar-refractivity contribution >= 4 is 5.97 Å². The van der Waals surface area contributed by atoms with Crippen LogP contribution in [-0.2, 0) is 6.54 Å². The fourth-order valence-corrected chi connectivity index (χ4v) is 2.54. The van der Waals surface area contributed by atoms with Gasteiger partial charge in [0.05, 0.1) is 12.7 Å². The molecule has 0 amide bonds. The summed E-state index contributed by atoms with van der Waals surface area (Å²) in [6.07, 6.45) is 4.23. The van der Waals surface area contributed by atoms with E-state index in [4.69, 9.17) is 5.11 Å². The predicted molar refractivity (Wildman–Crippen MR) is 68.0 cm³/mol. The van der Waals surface area contributed by atoms with Crippen LogP contribution in [-0.4, -0.2) is 74.6 Å². The lowest BCUT2D eigenvalue weighted by molar-refractivity contribution is 0.0690. The van der Waals surface area contributed by atoms with Gasteiger partial charge in [-0.2, -0.15) is 0 Å². The first-order valence-corrected chi connectivity index (χ1v) is 6.82. The molecule has 1 aliphatic heterocycles. The molecule has 2 fully saturated rings. The summed E-state index contributed by atoms with van der Waals surface area (Å²) < 4.78 is 1.61. The van der Waals surface area contributed by atoms with Gasteiger partial charge in [0.15, 0.2) is 5.69 Å². The van der Waals surface area contributed by atoms with Crippen molar-refractivity contribution in [3.8, 4) is 0 Å². The molecule has 104 valence electrons. The number of piperazine rings is 1. The van der Waals surface area contributed by atoms with Gasteiger partial charge >= 0.3 is 5.97 Å². The third-order valence-corrected chi connectivity index (χ3v) is 3.87. The third kappa shape index (κ3) is 3.10. The van der Waals surface area contributed by atoms with Crippen LogP contribution in [0.5, 0.6) is 0 Å². The van der Waals surface area contributed by atoms with Crippen molar-refractivity contribution < 1.29 is 9.90 Å². The fraction of sp³-hybridized carbons (Fsp3) is 0.750. The zero-order valence-electron chi connectivity index (χ0n) is 10.9. The van der Waals surface area contributed by atoms with E-state index in [0.717, 1.165) is 38.8 Å². The Bertz CT molecular complexity index is 449. The lowest BCUT2D eigenvalue weighted by atomic mass is 10.3. The second-order valence-electron chi connectivity index (χ2n) is 5.28. The Kier molecular flexibility index (Phi) is 3.48. The first-order valence-electron chi connectivity index (χ1n) is 6.82. The zero-order chi connectivity index (χ0) is 13.2. The summed E-state index contributed by atoms with van der Waals surface area (Å²) >= 11 is 0. The van der Waals surface area contributed by atoms with Gasteiger partial charge in [-0.05, 0) is 12.8 Å². The largest absolute Gasteiger partial charge is 0.476 e. The second-order valence-corrected chi connectivity index (χ2v) is 5.28. The summed E-state index contributed by atoms with van der Waals surface area (Å²) in [5.74, 6) is -1.02. The highest BCUT2D eigenvalue weighted by Crippen LogP contribution is 2.27. The molecule has 2 heterocycles. The van der Waals surface area contributed by atoms with Crippen LogP contribution in [0.1, 0.15) is 23.3 Å². The van der Waals surface area contributed by atoms with E-state index in [0.29, 0.717) is 6.54 Å². The number of nitrogens with zero attached hydrogens (tertiary/aromatic N) is 5. The van der Waals surface area contributed by atoms with Crippen LogP contribution in [0.4, 0.5) is 0 Å². The van der Waals surface area contributed by atoms with Crippen LogP contribution in [0.3, 0.4) is 0 Å². The maximum atomic E-state index is 10.7. The topological polar surface area (TPSA) is 74.5 Å². The Hall–Kier alpha value is -1.47. The molecule has 1 aliphatic carbocycles. The first kappa shape index (κ1) is 12.6. The van der Waals surface area contributed by atoms with Crippen molar-refractivity contribution in [3.63, 3.8) is 0 Å². The van der Waals surface area contributed by atoms with Crippen LogP contribution in [0.2, 0.25) is 0 Å². The number of carboxylic acids is 1. The molecule has 2 aliphatic rings. The Labute approximate surface area is 111 Å². The van der Waals surface area contributed by atoms with Crippen LogP contribution in [0, 0.1) is 0 Å². The zero-order valence-corrected chi connectivity index (χ0v) is 10.9. The molecule has 19 heavy (non-hydrogen) atoms. The third-order valence-electron chi connectivity index (χ3n) is 3.87. The molecule has 1 N–H and O–H groups in total. The molecule has 0 aromatic carbocycles. The summed E-state index contributed by atoms with van der Waals surface area (Å²) in [4.78, 5) is 15.7. The van der Waals surface area contributed by atoms with E-state index in [1.165, 1.54) is 19.0 Å². The van der Waals surface area contributed by atoms with E-state index < -0.39 is 5.97 Å². The smallest absolute Gasteiger partial charge is 0.358 e. The lowest BCUT2D eigenvalue weighted by Gasteiger charge is -2.34.